The minimum Gasteiger partial charge on any atom is -0.393 e. The second kappa shape index (κ2) is 7.20. The fourth-order valence-electron chi connectivity index (χ4n) is 3.36. The van der Waals surface area contributed by atoms with E-state index in [1.165, 1.54) is 12.1 Å². The molecule has 1 aromatic heterocycles. The molecule has 0 amide bonds. The van der Waals surface area contributed by atoms with E-state index in [4.69, 9.17) is 0 Å². The molecule has 0 aliphatic carbocycles. The Bertz CT molecular complexity index is 759. The van der Waals surface area contributed by atoms with Crippen molar-refractivity contribution in [2.24, 2.45) is 0 Å². The number of hydrogen-bond acceptors (Lipinski definition) is 5. The van der Waals surface area contributed by atoms with E-state index >= 15 is 0 Å². The van der Waals surface area contributed by atoms with Crippen LogP contribution in [0, 0.1) is 0 Å². The first-order chi connectivity index (χ1) is 12.6. The third-order valence-corrected chi connectivity index (χ3v) is 4.79. The van der Waals surface area contributed by atoms with Gasteiger partial charge in [-0.15, -0.1) is 5.10 Å². The highest BCUT2D eigenvalue weighted by Gasteiger charge is 2.35. The zero-order valence-electron chi connectivity index (χ0n) is 15.6. The predicted octanol–water partition coefficient (Wildman–Crippen LogP) is 2.99. The van der Waals surface area contributed by atoms with Crippen LogP contribution in [0.2, 0.25) is 0 Å². The first-order valence-electron chi connectivity index (χ1n) is 8.95. The third kappa shape index (κ3) is 4.30. The van der Waals surface area contributed by atoms with Crippen LogP contribution in [0.5, 0.6) is 0 Å². The Labute approximate surface area is 156 Å². The molecule has 0 bridgehead atoms. The maximum Gasteiger partial charge on any atom is 0.416 e. The number of aliphatic hydroxyl groups is 1. The van der Waals surface area contributed by atoms with Gasteiger partial charge in [0.25, 0.3) is 0 Å². The quantitative estimate of drug-likeness (QED) is 0.883. The van der Waals surface area contributed by atoms with E-state index in [0.29, 0.717) is 37.3 Å². The Hall–Kier alpha value is -2.00. The van der Waals surface area contributed by atoms with Crippen LogP contribution in [-0.4, -0.2) is 49.4 Å². The summed E-state index contributed by atoms with van der Waals surface area (Å²) >= 11 is 0. The molecule has 1 aliphatic heterocycles. The Balaban J connectivity index is 2.02. The molecule has 1 N–H and O–H groups in total. The van der Waals surface area contributed by atoms with Gasteiger partial charge in [0, 0.05) is 13.1 Å². The molecule has 1 fully saturated rings. The van der Waals surface area contributed by atoms with Crippen LogP contribution < -0.4 is 0 Å². The van der Waals surface area contributed by atoms with E-state index in [1.807, 2.05) is 20.8 Å². The second-order valence-corrected chi connectivity index (χ2v) is 7.91. The molecule has 0 spiro atoms. The van der Waals surface area contributed by atoms with Crippen molar-refractivity contribution < 1.29 is 18.3 Å². The topological polar surface area (TPSA) is 67.1 Å². The maximum atomic E-state index is 12.9. The van der Waals surface area contributed by atoms with Gasteiger partial charge in [0.1, 0.15) is 0 Å². The van der Waals surface area contributed by atoms with E-state index < -0.39 is 11.7 Å². The highest BCUT2D eigenvalue weighted by Crippen LogP contribution is 2.34. The Morgan fingerprint density at radius 3 is 2.19 bits per heavy atom. The minimum absolute atomic E-state index is 0.354. The number of benzene rings is 1. The van der Waals surface area contributed by atoms with Crippen molar-refractivity contribution >= 4 is 0 Å². The second-order valence-electron chi connectivity index (χ2n) is 7.91. The van der Waals surface area contributed by atoms with Crippen LogP contribution in [0.1, 0.15) is 56.6 Å². The van der Waals surface area contributed by atoms with Crippen LogP contribution in [-0.2, 0) is 11.7 Å². The smallest absolute Gasteiger partial charge is 0.393 e. The molecular formula is C18H24F3N5O. The Kier molecular flexibility index (Phi) is 5.27. The summed E-state index contributed by atoms with van der Waals surface area (Å²) in [6.07, 6.45) is -3.52. The molecule has 1 unspecified atom stereocenters. The zero-order chi connectivity index (χ0) is 19.8. The van der Waals surface area contributed by atoms with E-state index in [1.54, 1.807) is 4.68 Å². The van der Waals surface area contributed by atoms with Gasteiger partial charge in [-0.05, 0) is 61.7 Å². The summed E-state index contributed by atoms with van der Waals surface area (Å²) in [4.78, 5) is 2.11. The number of piperidine rings is 1. The van der Waals surface area contributed by atoms with E-state index in [-0.39, 0.29) is 17.7 Å². The molecule has 0 saturated carbocycles. The largest absolute Gasteiger partial charge is 0.416 e. The van der Waals surface area contributed by atoms with Crippen molar-refractivity contribution in [1.29, 1.82) is 0 Å². The molecule has 1 aromatic carbocycles. The summed E-state index contributed by atoms with van der Waals surface area (Å²) in [6.45, 7) is 7.14. The average Bonchev–Trinajstić information content (AvgIpc) is 3.06. The van der Waals surface area contributed by atoms with Crippen molar-refractivity contribution in [3.63, 3.8) is 0 Å². The fourth-order valence-corrected chi connectivity index (χ4v) is 3.36. The Morgan fingerprint density at radius 1 is 1.07 bits per heavy atom. The number of hydrogen-bond donors (Lipinski definition) is 1. The summed E-state index contributed by atoms with van der Waals surface area (Å²) in [5, 5.41) is 21.9. The number of aliphatic hydroxyl groups excluding tert-OH is 1. The highest BCUT2D eigenvalue weighted by atomic mass is 19.4. The molecule has 1 saturated heterocycles. The van der Waals surface area contributed by atoms with Crippen LogP contribution >= 0.6 is 0 Å². The molecule has 6 nitrogen and oxygen atoms in total. The maximum absolute atomic E-state index is 12.9. The summed E-state index contributed by atoms with van der Waals surface area (Å²) in [5.41, 5.74) is -0.368. The van der Waals surface area contributed by atoms with Gasteiger partial charge in [-0.2, -0.15) is 13.2 Å². The lowest BCUT2D eigenvalue weighted by Crippen LogP contribution is -2.41. The summed E-state index contributed by atoms with van der Waals surface area (Å²) < 4.78 is 40.5. The number of alkyl halides is 3. The third-order valence-electron chi connectivity index (χ3n) is 4.79. The monoisotopic (exact) mass is 383 g/mol. The molecule has 2 heterocycles. The van der Waals surface area contributed by atoms with Gasteiger partial charge in [0.05, 0.1) is 23.2 Å². The molecular weight excluding hydrogens is 359 g/mol. The van der Waals surface area contributed by atoms with E-state index in [0.717, 1.165) is 12.1 Å². The van der Waals surface area contributed by atoms with Crippen LogP contribution in [0.4, 0.5) is 13.2 Å². The molecule has 2 aromatic rings. The summed E-state index contributed by atoms with van der Waals surface area (Å²) in [6, 6.07) is 4.77. The van der Waals surface area contributed by atoms with Gasteiger partial charge in [-0.1, -0.05) is 12.1 Å². The average molecular weight is 383 g/mol. The molecule has 1 atom stereocenters. The van der Waals surface area contributed by atoms with Crippen molar-refractivity contribution in [2.45, 2.75) is 57.5 Å². The number of aromatic nitrogens is 4. The normalized spacial score (nSPS) is 18.6. The van der Waals surface area contributed by atoms with Crippen molar-refractivity contribution in [2.75, 3.05) is 13.1 Å². The first kappa shape index (κ1) is 19.8. The van der Waals surface area contributed by atoms with Gasteiger partial charge in [0.2, 0.25) is 0 Å². The lowest BCUT2D eigenvalue weighted by atomic mass is 9.98. The number of likely N-dealkylation sites (tertiary alicyclic amines) is 1. The van der Waals surface area contributed by atoms with Crippen LogP contribution in [0.3, 0.4) is 0 Å². The molecule has 1 aliphatic rings. The van der Waals surface area contributed by atoms with Gasteiger partial charge in [-0.3, -0.25) is 4.90 Å². The fraction of sp³-hybridized carbons (Fsp3) is 0.611. The molecule has 9 heteroatoms. The van der Waals surface area contributed by atoms with Crippen molar-refractivity contribution in [3.05, 3.63) is 41.2 Å². The molecule has 27 heavy (non-hydrogen) atoms. The highest BCUT2D eigenvalue weighted by molar-refractivity contribution is 5.30. The molecule has 3 rings (SSSR count). The van der Waals surface area contributed by atoms with Gasteiger partial charge in [0.15, 0.2) is 5.82 Å². The van der Waals surface area contributed by atoms with Gasteiger partial charge >= 0.3 is 6.18 Å². The van der Waals surface area contributed by atoms with Crippen molar-refractivity contribution in [3.8, 4) is 0 Å². The predicted molar refractivity (Wildman–Crippen MR) is 92.9 cm³/mol. The SMILES string of the molecule is CC(C)(C)n1nnnc1C(c1ccc(C(F)(F)F)cc1)N1CCC(O)CC1. The van der Waals surface area contributed by atoms with E-state index in [9.17, 15) is 18.3 Å². The number of halogens is 3. The lowest BCUT2D eigenvalue weighted by molar-refractivity contribution is -0.137. The van der Waals surface area contributed by atoms with Crippen LogP contribution in [0.15, 0.2) is 24.3 Å². The number of nitrogens with zero attached hydrogens (tertiary/aromatic N) is 5. The molecule has 0 radical (unpaired) electrons. The van der Waals surface area contributed by atoms with Crippen molar-refractivity contribution in [1.82, 2.24) is 25.1 Å². The summed E-state index contributed by atoms with van der Waals surface area (Å²) in [5.74, 6) is 0.582. The first-order valence-corrected chi connectivity index (χ1v) is 8.95. The van der Waals surface area contributed by atoms with E-state index in [2.05, 4.69) is 20.4 Å². The van der Waals surface area contributed by atoms with Crippen LogP contribution in [0.25, 0.3) is 0 Å². The minimum atomic E-state index is -4.38. The summed E-state index contributed by atoms with van der Waals surface area (Å²) in [7, 11) is 0. The van der Waals surface area contributed by atoms with Gasteiger partial charge < -0.3 is 5.11 Å². The number of rotatable bonds is 3. The standard InChI is InChI=1S/C18H24F3N5O/c1-17(2,3)26-16(22-23-24-26)15(25-10-8-14(27)9-11-25)12-4-6-13(7-5-12)18(19,20)21/h4-7,14-15,27H,8-11H2,1-3H3. The lowest BCUT2D eigenvalue weighted by Gasteiger charge is -2.36. The molecule has 148 valence electrons. The Morgan fingerprint density at radius 2 is 1.67 bits per heavy atom. The number of tetrazole rings is 1. The zero-order valence-corrected chi connectivity index (χ0v) is 15.6. The van der Waals surface area contributed by atoms with Gasteiger partial charge in [-0.25, -0.2) is 4.68 Å².